The second-order valence-corrected chi connectivity index (χ2v) is 3.73. The fraction of sp³-hybridized carbons (Fsp3) is 0.300. The number of nitrogens with two attached hydrogens (primary N) is 1. The molecule has 0 aliphatic rings. The first-order valence-corrected chi connectivity index (χ1v) is 5.01. The number of aromatic nitrogens is 1. The Kier molecular flexibility index (Phi) is 4.12. The average Bonchev–Trinajstić information content (AvgIpc) is 2.04. The topological polar surface area (TPSA) is 38.9 Å². The molecule has 0 unspecified atom stereocenters. The fourth-order valence-corrected chi connectivity index (χ4v) is 1.41. The van der Waals surface area contributed by atoms with Gasteiger partial charge in [-0.15, -0.1) is 0 Å². The van der Waals surface area contributed by atoms with Gasteiger partial charge >= 0.3 is 0 Å². The maximum absolute atomic E-state index is 5.44. The number of hydrogen-bond acceptors (Lipinski definition) is 2. The summed E-state index contributed by atoms with van der Waals surface area (Å²) in [5.41, 5.74) is 7.67. The summed E-state index contributed by atoms with van der Waals surface area (Å²) in [6.07, 6.45) is 2.98. The molecule has 0 aromatic carbocycles. The predicted octanol–water partition coefficient (Wildman–Crippen LogP) is 2.60. The molecule has 0 saturated carbocycles. The molecule has 70 valence electrons. The first-order chi connectivity index (χ1) is 6.22. The van der Waals surface area contributed by atoms with Crippen LogP contribution in [0.3, 0.4) is 0 Å². The van der Waals surface area contributed by atoms with Crippen molar-refractivity contribution in [1.82, 2.24) is 4.98 Å². The van der Waals surface area contributed by atoms with Gasteiger partial charge in [0.05, 0.1) is 5.69 Å². The highest BCUT2D eigenvalue weighted by atomic mass is 79.9. The van der Waals surface area contributed by atoms with Gasteiger partial charge in [0.25, 0.3) is 0 Å². The Hall–Kier alpha value is -0.670. The van der Waals surface area contributed by atoms with Gasteiger partial charge in [0.1, 0.15) is 4.60 Å². The van der Waals surface area contributed by atoms with E-state index >= 15 is 0 Å². The lowest BCUT2D eigenvalue weighted by Gasteiger charge is -1.98. The zero-order valence-corrected chi connectivity index (χ0v) is 9.21. The van der Waals surface area contributed by atoms with Crippen molar-refractivity contribution in [3.63, 3.8) is 0 Å². The van der Waals surface area contributed by atoms with Gasteiger partial charge in [-0.25, -0.2) is 4.98 Å². The summed E-state index contributed by atoms with van der Waals surface area (Å²) in [7, 11) is 0. The average molecular weight is 241 g/mol. The van der Waals surface area contributed by atoms with E-state index in [-0.39, 0.29) is 0 Å². The molecule has 1 heterocycles. The van der Waals surface area contributed by atoms with Crippen molar-refractivity contribution in [2.24, 2.45) is 5.73 Å². The molecule has 2 nitrogen and oxygen atoms in total. The SMILES string of the molecule is CC(=Cc1cccc(Br)n1)CCN. The standard InChI is InChI=1S/C10H13BrN2/c1-8(5-6-12)7-9-3-2-4-10(11)13-9/h2-4,7H,5-6,12H2,1H3. The van der Waals surface area contributed by atoms with Gasteiger partial charge in [0.2, 0.25) is 0 Å². The van der Waals surface area contributed by atoms with Crippen LogP contribution in [0.15, 0.2) is 28.4 Å². The maximum Gasteiger partial charge on any atom is 0.106 e. The lowest BCUT2D eigenvalue weighted by Crippen LogP contribution is -1.98. The molecule has 0 radical (unpaired) electrons. The maximum atomic E-state index is 5.44. The Labute approximate surface area is 87.0 Å². The van der Waals surface area contributed by atoms with E-state index in [4.69, 9.17) is 5.73 Å². The molecule has 1 rings (SSSR count). The molecule has 13 heavy (non-hydrogen) atoms. The Morgan fingerprint density at radius 2 is 2.38 bits per heavy atom. The molecule has 2 N–H and O–H groups in total. The third-order valence-electron chi connectivity index (χ3n) is 1.67. The van der Waals surface area contributed by atoms with Crippen molar-refractivity contribution >= 4 is 22.0 Å². The van der Waals surface area contributed by atoms with Crippen LogP contribution in [0.4, 0.5) is 0 Å². The Morgan fingerprint density at radius 3 is 3.00 bits per heavy atom. The lowest BCUT2D eigenvalue weighted by atomic mass is 10.2. The van der Waals surface area contributed by atoms with Crippen LogP contribution in [0, 0.1) is 0 Å². The van der Waals surface area contributed by atoms with E-state index < -0.39 is 0 Å². The molecule has 0 amide bonds. The van der Waals surface area contributed by atoms with Gasteiger partial charge < -0.3 is 5.73 Å². The highest BCUT2D eigenvalue weighted by molar-refractivity contribution is 9.10. The first kappa shape index (κ1) is 10.4. The summed E-state index contributed by atoms with van der Waals surface area (Å²) < 4.78 is 0.863. The zero-order chi connectivity index (χ0) is 9.68. The van der Waals surface area contributed by atoms with Crippen molar-refractivity contribution < 1.29 is 0 Å². The first-order valence-electron chi connectivity index (χ1n) is 4.22. The van der Waals surface area contributed by atoms with Crippen LogP contribution in [0.2, 0.25) is 0 Å². The summed E-state index contributed by atoms with van der Waals surface area (Å²) >= 11 is 3.33. The van der Waals surface area contributed by atoms with E-state index in [1.807, 2.05) is 18.2 Å². The summed E-state index contributed by atoms with van der Waals surface area (Å²) in [6, 6.07) is 5.86. The van der Waals surface area contributed by atoms with Gasteiger partial charge in [0, 0.05) is 0 Å². The number of nitrogens with zero attached hydrogens (tertiary/aromatic N) is 1. The largest absolute Gasteiger partial charge is 0.330 e. The van der Waals surface area contributed by atoms with E-state index in [0.29, 0.717) is 6.54 Å². The molecule has 0 saturated heterocycles. The number of pyridine rings is 1. The second-order valence-electron chi connectivity index (χ2n) is 2.91. The van der Waals surface area contributed by atoms with E-state index in [1.165, 1.54) is 5.57 Å². The Bertz CT molecular complexity index is 308. The van der Waals surface area contributed by atoms with Crippen LogP contribution < -0.4 is 5.73 Å². The minimum atomic E-state index is 0.691. The zero-order valence-electron chi connectivity index (χ0n) is 7.63. The molecule has 1 aromatic rings. The van der Waals surface area contributed by atoms with Crippen LogP contribution in [-0.4, -0.2) is 11.5 Å². The second kappa shape index (κ2) is 5.14. The van der Waals surface area contributed by atoms with Crippen LogP contribution in [0.25, 0.3) is 6.08 Å². The summed E-state index contributed by atoms with van der Waals surface area (Å²) in [4.78, 5) is 4.29. The van der Waals surface area contributed by atoms with Crippen molar-refractivity contribution in [2.75, 3.05) is 6.54 Å². The molecule has 3 heteroatoms. The van der Waals surface area contributed by atoms with Crippen LogP contribution in [0.1, 0.15) is 19.0 Å². The van der Waals surface area contributed by atoms with Gasteiger partial charge in [0.15, 0.2) is 0 Å². The molecule has 0 spiro atoms. The normalized spacial score (nSPS) is 11.8. The molecule has 0 bridgehead atoms. The van der Waals surface area contributed by atoms with Crippen molar-refractivity contribution in [3.05, 3.63) is 34.1 Å². The molecule has 1 aromatic heterocycles. The molecule has 0 aliphatic carbocycles. The third-order valence-corrected chi connectivity index (χ3v) is 2.11. The number of hydrogen-bond donors (Lipinski definition) is 1. The van der Waals surface area contributed by atoms with Gasteiger partial charge in [-0.05, 0) is 54.0 Å². The van der Waals surface area contributed by atoms with E-state index in [0.717, 1.165) is 16.7 Å². The van der Waals surface area contributed by atoms with Gasteiger partial charge in [-0.2, -0.15) is 0 Å². The highest BCUT2D eigenvalue weighted by Crippen LogP contribution is 2.10. The van der Waals surface area contributed by atoms with E-state index in [1.54, 1.807) is 0 Å². The number of halogens is 1. The highest BCUT2D eigenvalue weighted by Gasteiger charge is 1.92. The van der Waals surface area contributed by atoms with E-state index in [9.17, 15) is 0 Å². The van der Waals surface area contributed by atoms with Crippen LogP contribution >= 0.6 is 15.9 Å². The van der Waals surface area contributed by atoms with Crippen LogP contribution in [0.5, 0.6) is 0 Å². The van der Waals surface area contributed by atoms with Crippen molar-refractivity contribution in [1.29, 1.82) is 0 Å². The fourth-order valence-electron chi connectivity index (χ4n) is 1.06. The Morgan fingerprint density at radius 1 is 1.62 bits per heavy atom. The Balaban J connectivity index is 2.78. The number of rotatable bonds is 3. The third kappa shape index (κ3) is 3.70. The van der Waals surface area contributed by atoms with Crippen molar-refractivity contribution in [3.8, 4) is 0 Å². The molecule has 0 fully saturated rings. The minimum absolute atomic E-state index is 0.691. The van der Waals surface area contributed by atoms with Gasteiger partial charge in [-0.3, -0.25) is 0 Å². The van der Waals surface area contributed by atoms with Crippen LogP contribution in [-0.2, 0) is 0 Å². The van der Waals surface area contributed by atoms with Gasteiger partial charge in [-0.1, -0.05) is 11.6 Å². The summed E-state index contributed by atoms with van der Waals surface area (Å²) in [5, 5.41) is 0. The van der Waals surface area contributed by atoms with Crippen molar-refractivity contribution in [2.45, 2.75) is 13.3 Å². The molecular weight excluding hydrogens is 228 g/mol. The quantitative estimate of drug-likeness (QED) is 0.826. The monoisotopic (exact) mass is 240 g/mol. The molecule has 0 atom stereocenters. The molecular formula is C10H13BrN2. The summed E-state index contributed by atoms with van der Waals surface area (Å²) in [6.45, 7) is 2.76. The molecule has 0 aliphatic heterocycles. The lowest BCUT2D eigenvalue weighted by molar-refractivity contribution is 0.956. The minimum Gasteiger partial charge on any atom is -0.330 e. The summed E-state index contributed by atoms with van der Waals surface area (Å²) in [5.74, 6) is 0. The van der Waals surface area contributed by atoms with E-state index in [2.05, 4.69) is 33.9 Å². The smallest absolute Gasteiger partial charge is 0.106 e. The predicted molar refractivity (Wildman–Crippen MR) is 59.3 cm³/mol.